The van der Waals surface area contributed by atoms with Gasteiger partial charge in [-0.2, -0.15) is 0 Å². The van der Waals surface area contributed by atoms with Crippen molar-refractivity contribution in [2.24, 2.45) is 5.92 Å². The molecule has 1 N–H and O–H groups in total. The van der Waals surface area contributed by atoms with E-state index in [2.05, 4.69) is 46.8 Å². The van der Waals surface area contributed by atoms with Crippen LogP contribution in [0.15, 0.2) is 54.6 Å². The number of carbonyl (C=O) groups excluding carboxylic acids is 1. The predicted molar refractivity (Wildman–Crippen MR) is 113 cm³/mol. The second-order valence-corrected chi connectivity index (χ2v) is 7.45. The standard InChI is InChI=1S/C23H28N4O/c1-3-26(4-2)14-15-27-21-13-9-8-12-20(21)24-23(27)25-22(28)19-16-18(19)17-10-6-5-7-11-17/h5-13,18-19H,3-4,14-16H2,1-2H3,(H,24,25,28)/t18-,19-/m1/s1. The molecule has 28 heavy (non-hydrogen) atoms. The highest BCUT2D eigenvalue weighted by atomic mass is 16.2. The molecule has 1 heterocycles. The molecule has 1 fully saturated rings. The van der Waals surface area contributed by atoms with Crippen LogP contribution in [0.2, 0.25) is 0 Å². The number of rotatable bonds is 8. The Bertz CT molecular complexity index is 946. The molecule has 146 valence electrons. The second kappa shape index (κ2) is 8.15. The summed E-state index contributed by atoms with van der Waals surface area (Å²) in [5, 5.41) is 3.12. The summed E-state index contributed by atoms with van der Waals surface area (Å²) in [5.41, 5.74) is 3.24. The molecule has 0 unspecified atom stereocenters. The maximum atomic E-state index is 12.9. The molecule has 5 nitrogen and oxygen atoms in total. The van der Waals surface area contributed by atoms with Gasteiger partial charge in [-0.15, -0.1) is 0 Å². The van der Waals surface area contributed by atoms with Crippen LogP contribution in [0.5, 0.6) is 0 Å². The third-order valence-corrected chi connectivity index (χ3v) is 5.78. The third-order valence-electron chi connectivity index (χ3n) is 5.78. The number of fused-ring (bicyclic) bond motifs is 1. The largest absolute Gasteiger partial charge is 0.309 e. The van der Waals surface area contributed by atoms with Gasteiger partial charge in [0.25, 0.3) is 0 Å². The molecule has 1 amide bonds. The van der Waals surface area contributed by atoms with Gasteiger partial charge in [0.05, 0.1) is 11.0 Å². The van der Waals surface area contributed by atoms with Crippen LogP contribution in [-0.2, 0) is 11.3 Å². The van der Waals surface area contributed by atoms with Gasteiger partial charge in [0, 0.05) is 19.0 Å². The van der Waals surface area contributed by atoms with Crippen LogP contribution < -0.4 is 5.32 Å². The van der Waals surface area contributed by atoms with E-state index in [1.807, 2.05) is 36.4 Å². The monoisotopic (exact) mass is 376 g/mol. The van der Waals surface area contributed by atoms with Crippen LogP contribution >= 0.6 is 0 Å². The van der Waals surface area contributed by atoms with Gasteiger partial charge in [0.2, 0.25) is 11.9 Å². The molecule has 0 aliphatic heterocycles. The van der Waals surface area contributed by atoms with Gasteiger partial charge >= 0.3 is 0 Å². The molecular formula is C23H28N4O. The van der Waals surface area contributed by atoms with Crippen LogP contribution in [0.25, 0.3) is 11.0 Å². The quantitative estimate of drug-likeness (QED) is 0.643. The van der Waals surface area contributed by atoms with E-state index in [0.717, 1.165) is 43.6 Å². The Hall–Kier alpha value is -2.66. The summed E-state index contributed by atoms with van der Waals surface area (Å²) in [7, 11) is 0. The first-order valence-corrected chi connectivity index (χ1v) is 10.2. The molecule has 1 aliphatic carbocycles. The lowest BCUT2D eigenvalue weighted by molar-refractivity contribution is -0.117. The van der Waals surface area contributed by atoms with E-state index in [1.54, 1.807) is 0 Å². The van der Waals surface area contributed by atoms with Crippen molar-refractivity contribution in [3.8, 4) is 0 Å². The maximum Gasteiger partial charge on any atom is 0.230 e. The summed E-state index contributed by atoms with van der Waals surface area (Å²) >= 11 is 0. The van der Waals surface area contributed by atoms with Gasteiger partial charge in [-0.1, -0.05) is 56.3 Å². The van der Waals surface area contributed by atoms with Crippen molar-refractivity contribution >= 4 is 22.9 Å². The lowest BCUT2D eigenvalue weighted by Crippen LogP contribution is -2.28. The molecule has 5 heteroatoms. The first-order valence-electron chi connectivity index (χ1n) is 10.2. The average molecular weight is 377 g/mol. The maximum absolute atomic E-state index is 12.9. The van der Waals surface area contributed by atoms with Crippen LogP contribution in [-0.4, -0.2) is 40.0 Å². The van der Waals surface area contributed by atoms with Crippen molar-refractivity contribution in [2.45, 2.75) is 32.7 Å². The Morgan fingerprint density at radius 1 is 1.11 bits per heavy atom. The number of amides is 1. The molecule has 1 saturated carbocycles. The van der Waals surface area contributed by atoms with Crippen molar-refractivity contribution in [3.63, 3.8) is 0 Å². The topological polar surface area (TPSA) is 50.2 Å². The molecule has 0 saturated heterocycles. The van der Waals surface area contributed by atoms with Crippen molar-refractivity contribution in [1.82, 2.24) is 14.5 Å². The first-order chi connectivity index (χ1) is 13.7. The summed E-state index contributed by atoms with van der Waals surface area (Å²) < 4.78 is 2.14. The van der Waals surface area contributed by atoms with Crippen molar-refractivity contribution in [2.75, 3.05) is 25.0 Å². The average Bonchev–Trinajstić information content (AvgIpc) is 3.47. The number of nitrogens with one attached hydrogen (secondary N) is 1. The number of nitrogens with zero attached hydrogens (tertiary/aromatic N) is 3. The van der Waals surface area contributed by atoms with E-state index in [4.69, 9.17) is 4.98 Å². The first kappa shape index (κ1) is 18.7. The summed E-state index contributed by atoms with van der Waals surface area (Å²) in [6.45, 7) is 8.14. The Morgan fingerprint density at radius 3 is 2.57 bits per heavy atom. The van der Waals surface area contributed by atoms with Gasteiger partial charge in [-0.05, 0) is 43.1 Å². The fourth-order valence-electron chi connectivity index (χ4n) is 3.93. The highest BCUT2D eigenvalue weighted by Gasteiger charge is 2.44. The predicted octanol–water partition coefficient (Wildman–Crippen LogP) is 4.12. The summed E-state index contributed by atoms with van der Waals surface area (Å²) in [6.07, 6.45) is 0.912. The van der Waals surface area contributed by atoms with Gasteiger partial charge in [-0.25, -0.2) is 4.98 Å². The normalized spacial score (nSPS) is 18.5. The molecule has 0 spiro atoms. The van der Waals surface area contributed by atoms with E-state index >= 15 is 0 Å². The van der Waals surface area contributed by atoms with E-state index in [1.165, 1.54) is 5.56 Å². The van der Waals surface area contributed by atoms with E-state index < -0.39 is 0 Å². The number of anilines is 1. The minimum Gasteiger partial charge on any atom is -0.309 e. The molecule has 2 aromatic carbocycles. The number of likely N-dealkylation sites (N-methyl/N-ethyl adjacent to an activating group) is 1. The lowest BCUT2D eigenvalue weighted by Gasteiger charge is -2.19. The van der Waals surface area contributed by atoms with Crippen molar-refractivity contribution < 1.29 is 4.79 Å². The Morgan fingerprint density at radius 2 is 1.82 bits per heavy atom. The van der Waals surface area contributed by atoms with Gasteiger partial charge < -0.3 is 9.47 Å². The summed E-state index contributed by atoms with van der Waals surface area (Å²) in [4.78, 5) is 19.9. The molecule has 1 aromatic heterocycles. The summed E-state index contributed by atoms with van der Waals surface area (Å²) in [5.74, 6) is 1.11. The number of hydrogen-bond donors (Lipinski definition) is 1. The van der Waals surface area contributed by atoms with Crippen molar-refractivity contribution in [3.05, 3.63) is 60.2 Å². The Balaban J connectivity index is 1.51. The van der Waals surface area contributed by atoms with Crippen molar-refractivity contribution in [1.29, 1.82) is 0 Å². The van der Waals surface area contributed by atoms with Crippen LogP contribution in [0.1, 0.15) is 31.7 Å². The molecular weight excluding hydrogens is 348 g/mol. The van der Waals surface area contributed by atoms with Gasteiger partial charge in [-0.3, -0.25) is 10.1 Å². The molecule has 0 radical (unpaired) electrons. The van der Waals surface area contributed by atoms with Crippen LogP contribution in [0, 0.1) is 5.92 Å². The lowest BCUT2D eigenvalue weighted by atomic mass is 10.1. The van der Waals surface area contributed by atoms with E-state index in [9.17, 15) is 4.79 Å². The highest BCUT2D eigenvalue weighted by molar-refractivity contribution is 5.95. The van der Waals surface area contributed by atoms with E-state index in [-0.39, 0.29) is 11.8 Å². The van der Waals surface area contributed by atoms with Crippen LogP contribution in [0.4, 0.5) is 5.95 Å². The fourth-order valence-corrected chi connectivity index (χ4v) is 3.93. The molecule has 0 bridgehead atoms. The Labute approximate surface area is 166 Å². The third kappa shape index (κ3) is 3.80. The van der Waals surface area contributed by atoms with Gasteiger partial charge in [0.1, 0.15) is 0 Å². The summed E-state index contributed by atoms with van der Waals surface area (Å²) in [6, 6.07) is 18.4. The number of benzene rings is 2. The number of carbonyl (C=O) groups is 1. The number of aromatic nitrogens is 2. The minimum atomic E-state index is 0.0402. The Kier molecular flexibility index (Phi) is 5.44. The number of imidazole rings is 1. The van der Waals surface area contributed by atoms with Gasteiger partial charge in [0.15, 0.2) is 0 Å². The SMILES string of the molecule is CCN(CC)CCn1c(NC(=O)[C@@H]2C[C@@H]2c2ccccc2)nc2ccccc21. The molecule has 4 rings (SSSR count). The minimum absolute atomic E-state index is 0.0402. The molecule has 2 atom stereocenters. The zero-order valence-corrected chi connectivity index (χ0v) is 16.6. The zero-order valence-electron chi connectivity index (χ0n) is 16.6. The second-order valence-electron chi connectivity index (χ2n) is 7.45. The smallest absolute Gasteiger partial charge is 0.230 e. The zero-order chi connectivity index (χ0) is 19.5. The number of hydrogen-bond acceptors (Lipinski definition) is 3. The molecule has 1 aliphatic rings. The number of para-hydroxylation sites is 2. The fraction of sp³-hybridized carbons (Fsp3) is 0.391. The van der Waals surface area contributed by atoms with E-state index in [0.29, 0.717) is 11.9 Å². The van der Waals surface area contributed by atoms with Crippen LogP contribution in [0.3, 0.4) is 0 Å². The molecule has 3 aromatic rings. The highest BCUT2D eigenvalue weighted by Crippen LogP contribution is 2.47.